The summed E-state index contributed by atoms with van der Waals surface area (Å²) in [4.78, 5) is 22.6. The highest BCUT2D eigenvalue weighted by Crippen LogP contribution is 2.26. The van der Waals surface area contributed by atoms with Crippen molar-refractivity contribution in [3.05, 3.63) is 63.7 Å². The maximum absolute atomic E-state index is 12.2. The van der Waals surface area contributed by atoms with Crippen molar-refractivity contribution in [2.24, 2.45) is 0 Å². The molecule has 0 bridgehead atoms. The molecular formula is C17H15F3N2O4. The van der Waals surface area contributed by atoms with Crippen molar-refractivity contribution in [1.29, 1.82) is 0 Å². The highest BCUT2D eigenvalue weighted by Gasteiger charge is 2.26. The van der Waals surface area contributed by atoms with Crippen LogP contribution in [0.4, 0.5) is 24.5 Å². The Balaban J connectivity index is 2.02. The molecule has 0 unspecified atom stereocenters. The van der Waals surface area contributed by atoms with Crippen LogP contribution in [-0.4, -0.2) is 23.6 Å². The smallest absolute Gasteiger partial charge is 0.392 e. The zero-order chi connectivity index (χ0) is 19.3. The minimum absolute atomic E-state index is 0.115. The molecule has 2 rings (SSSR count). The van der Waals surface area contributed by atoms with Gasteiger partial charge in [-0.05, 0) is 37.3 Å². The number of hydrogen-bond acceptors (Lipinski definition) is 4. The van der Waals surface area contributed by atoms with Gasteiger partial charge in [-0.15, -0.1) is 0 Å². The van der Waals surface area contributed by atoms with Crippen LogP contribution in [0.15, 0.2) is 42.5 Å². The second-order valence-electron chi connectivity index (χ2n) is 5.40. The molecule has 0 aliphatic carbocycles. The molecule has 1 N–H and O–H groups in total. The van der Waals surface area contributed by atoms with Crippen LogP contribution in [0.2, 0.25) is 0 Å². The average molecular weight is 368 g/mol. The average Bonchev–Trinajstić information content (AvgIpc) is 2.56. The fraction of sp³-hybridized carbons (Fsp3) is 0.235. The number of hydrogen-bond donors (Lipinski definition) is 1. The van der Waals surface area contributed by atoms with Crippen LogP contribution in [0.25, 0.3) is 0 Å². The fourth-order valence-electron chi connectivity index (χ4n) is 2.14. The van der Waals surface area contributed by atoms with Gasteiger partial charge in [0.15, 0.2) is 0 Å². The first-order valence-corrected chi connectivity index (χ1v) is 7.52. The minimum atomic E-state index is -4.30. The molecule has 6 nitrogen and oxygen atoms in total. The number of halogens is 3. The number of anilines is 1. The number of nitro benzene ring substituents is 1. The number of nitrogens with one attached hydrogen (secondary N) is 1. The first-order valence-electron chi connectivity index (χ1n) is 7.52. The molecule has 0 fully saturated rings. The highest BCUT2D eigenvalue weighted by molar-refractivity contribution is 6.04. The summed E-state index contributed by atoms with van der Waals surface area (Å²) >= 11 is 0. The molecule has 138 valence electrons. The number of carbonyl (C=O) groups excluding carboxylic acids is 1. The molecule has 0 aliphatic rings. The molecule has 0 atom stereocenters. The van der Waals surface area contributed by atoms with Gasteiger partial charge in [0.25, 0.3) is 11.6 Å². The zero-order valence-electron chi connectivity index (χ0n) is 13.7. The second kappa shape index (κ2) is 7.85. The SMILES string of the molecule is Cc1c(NC(=O)c2ccc(OCCC(F)(F)F)cc2)cccc1[N+](=O)[O-]. The molecule has 26 heavy (non-hydrogen) atoms. The first kappa shape index (κ1) is 19.2. The largest absolute Gasteiger partial charge is 0.493 e. The quantitative estimate of drug-likeness (QED) is 0.602. The summed E-state index contributed by atoms with van der Waals surface area (Å²) in [5.41, 5.74) is 0.739. The molecule has 9 heteroatoms. The number of nitrogens with zero attached hydrogens (tertiary/aromatic N) is 1. The van der Waals surface area contributed by atoms with Crippen molar-refractivity contribution in [3.63, 3.8) is 0 Å². The van der Waals surface area contributed by atoms with Gasteiger partial charge in [-0.3, -0.25) is 14.9 Å². The van der Waals surface area contributed by atoms with Crippen molar-refractivity contribution in [1.82, 2.24) is 0 Å². The number of alkyl halides is 3. The Kier molecular flexibility index (Phi) is 5.81. The predicted molar refractivity (Wildman–Crippen MR) is 88.4 cm³/mol. The summed E-state index contributed by atoms with van der Waals surface area (Å²) in [5, 5.41) is 13.5. The Morgan fingerprint density at radius 1 is 1.19 bits per heavy atom. The molecule has 0 radical (unpaired) electrons. The van der Waals surface area contributed by atoms with Gasteiger partial charge in [-0.25, -0.2) is 0 Å². The molecule has 0 spiro atoms. The van der Waals surface area contributed by atoms with E-state index in [-0.39, 0.29) is 17.0 Å². The van der Waals surface area contributed by atoms with E-state index >= 15 is 0 Å². The molecule has 2 aromatic rings. The van der Waals surface area contributed by atoms with Gasteiger partial charge in [-0.1, -0.05) is 6.07 Å². The minimum Gasteiger partial charge on any atom is -0.493 e. The van der Waals surface area contributed by atoms with E-state index in [1.165, 1.54) is 49.4 Å². The van der Waals surface area contributed by atoms with Crippen LogP contribution >= 0.6 is 0 Å². The lowest BCUT2D eigenvalue weighted by Gasteiger charge is -2.10. The highest BCUT2D eigenvalue weighted by atomic mass is 19.4. The van der Waals surface area contributed by atoms with Crippen LogP contribution in [0.1, 0.15) is 22.3 Å². The van der Waals surface area contributed by atoms with Gasteiger partial charge in [-0.2, -0.15) is 13.2 Å². The number of ether oxygens (including phenoxy) is 1. The maximum atomic E-state index is 12.2. The van der Waals surface area contributed by atoms with Crippen molar-refractivity contribution >= 4 is 17.3 Å². The van der Waals surface area contributed by atoms with Crippen LogP contribution in [0, 0.1) is 17.0 Å². The van der Waals surface area contributed by atoms with E-state index in [2.05, 4.69) is 5.32 Å². The monoisotopic (exact) mass is 368 g/mol. The van der Waals surface area contributed by atoms with Crippen LogP contribution in [0.5, 0.6) is 5.75 Å². The lowest BCUT2D eigenvalue weighted by Crippen LogP contribution is -2.14. The van der Waals surface area contributed by atoms with Crippen molar-refractivity contribution in [3.8, 4) is 5.75 Å². The summed E-state index contributed by atoms with van der Waals surface area (Å²) in [6.07, 6.45) is -5.36. The van der Waals surface area contributed by atoms with Gasteiger partial charge in [0, 0.05) is 11.6 Å². The van der Waals surface area contributed by atoms with Crippen molar-refractivity contribution in [2.75, 3.05) is 11.9 Å². The maximum Gasteiger partial charge on any atom is 0.392 e. The molecule has 2 aromatic carbocycles. The van der Waals surface area contributed by atoms with E-state index in [1.54, 1.807) is 0 Å². The number of amides is 1. The normalized spacial score (nSPS) is 11.1. The predicted octanol–water partition coefficient (Wildman–Crippen LogP) is 4.49. The van der Waals surface area contributed by atoms with Gasteiger partial charge < -0.3 is 10.1 Å². The lowest BCUT2D eigenvalue weighted by atomic mass is 10.1. The number of benzene rings is 2. The number of carbonyl (C=O) groups is 1. The van der Waals surface area contributed by atoms with E-state index in [9.17, 15) is 28.1 Å². The Hall–Kier alpha value is -3.10. The summed E-state index contributed by atoms with van der Waals surface area (Å²) in [7, 11) is 0. The Bertz CT molecular complexity index is 805. The van der Waals surface area contributed by atoms with Crippen molar-refractivity contribution < 1.29 is 27.6 Å². The molecule has 1 amide bonds. The van der Waals surface area contributed by atoms with E-state index < -0.39 is 30.0 Å². The van der Waals surface area contributed by atoms with Crippen LogP contribution in [0.3, 0.4) is 0 Å². The fourth-order valence-corrected chi connectivity index (χ4v) is 2.14. The number of nitro groups is 1. The third-order valence-corrected chi connectivity index (χ3v) is 3.52. The van der Waals surface area contributed by atoms with Crippen molar-refractivity contribution in [2.45, 2.75) is 19.5 Å². The van der Waals surface area contributed by atoms with E-state index in [0.717, 1.165) is 0 Å². The summed E-state index contributed by atoms with van der Waals surface area (Å²) in [6, 6.07) is 9.87. The zero-order valence-corrected chi connectivity index (χ0v) is 13.7. The standard InChI is InChI=1S/C17H15F3N2O4/c1-11-14(3-2-4-15(11)22(24)25)21-16(23)12-5-7-13(8-6-12)26-10-9-17(18,19)20/h2-8H,9-10H2,1H3,(H,21,23). The third-order valence-electron chi connectivity index (χ3n) is 3.52. The van der Waals surface area contributed by atoms with E-state index in [4.69, 9.17) is 4.74 Å². The Morgan fingerprint density at radius 3 is 2.42 bits per heavy atom. The van der Waals surface area contributed by atoms with Gasteiger partial charge >= 0.3 is 6.18 Å². The molecule has 0 saturated heterocycles. The van der Waals surface area contributed by atoms with Crippen LogP contribution < -0.4 is 10.1 Å². The first-order chi connectivity index (χ1) is 12.2. The summed E-state index contributed by atoms with van der Waals surface area (Å²) in [6.45, 7) is 1.01. The molecule has 0 heterocycles. The van der Waals surface area contributed by atoms with Gasteiger partial charge in [0.2, 0.25) is 0 Å². The third kappa shape index (κ3) is 5.20. The van der Waals surface area contributed by atoms with E-state index in [1.807, 2.05) is 0 Å². The molecule has 0 saturated carbocycles. The molecule has 0 aromatic heterocycles. The Labute approximate surface area is 146 Å². The molecule has 0 aliphatic heterocycles. The van der Waals surface area contributed by atoms with E-state index in [0.29, 0.717) is 11.3 Å². The second-order valence-corrected chi connectivity index (χ2v) is 5.40. The lowest BCUT2D eigenvalue weighted by molar-refractivity contribution is -0.385. The summed E-state index contributed by atoms with van der Waals surface area (Å²) in [5.74, 6) is -0.298. The summed E-state index contributed by atoms with van der Waals surface area (Å²) < 4.78 is 41.2. The Morgan fingerprint density at radius 2 is 1.85 bits per heavy atom. The topological polar surface area (TPSA) is 81.5 Å². The number of rotatable bonds is 6. The van der Waals surface area contributed by atoms with Crippen LogP contribution in [-0.2, 0) is 0 Å². The van der Waals surface area contributed by atoms with Gasteiger partial charge in [0.1, 0.15) is 5.75 Å². The van der Waals surface area contributed by atoms with Gasteiger partial charge in [0.05, 0.1) is 29.2 Å². The molecular weight excluding hydrogens is 353 g/mol.